The fourth-order valence-corrected chi connectivity index (χ4v) is 2.54. The van der Waals surface area contributed by atoms with Gasteiger partial charge in [-0.25, -0.2) is 4.99 Å². The molecule has 0 unspecified atom stereocenters. The van der Waals surface area contributed by atoms with Crippen LogP contribution in [0.5, 0.6) is 0 Å². The molecule has 0 spiro atoms. The molecule has 7 heteroatoms. The van der Waals surface area contributed by atoms with Gasteiger partial charge < -0.3 is 20.9 Å². The third-order valence-corrected chi connectivity index (χ3v) is 3.90. The molecule has 23 heavy (non-hydrogen) atoms. The van der Waals surface area contributed by atoms with Crippen LogP contribution in [0.2, 0.25) is 0 Å². The van der Waals surface area contributed by atoms with E-state index in [1.807, 2.05) is 13.8 Å². The highest BCUT2D eigenvalue weighted by Gasteiger charge is 2.21. The van der Waals surface area contributed by atoms with Gasteiger partial charge in [0.1, 0.15) is 6.54 Å². The van der Waals surface area contributed by atoms with E-state index in [1.165, 1.54) is 0 Å². The van der Waals surface area contributed by atoms with Gasteiger partial charge in [-0.05, 0) is 40.0 Å². The number of hydrogen-bond donors (Lipinski definition) is 3. The molecule has 0 saturated carbocycles. The standard InChI is InChI=1S/C16H33N5O.HI/c1-5-9-18-15(22)12-19-16(17-6-2)20-14-7-10-21(11-8-14)13(3)4;/h13-14H,5-12H2,1-4H3,(H,18,22)(H2,17,19,20);1H. The highest BCUT2D eigenvalue weighted by atomic mass is 127. The summed E-state index contributed by atoms with van der Waals surface area (Å²) >= 11 is 0. The van der Waals surface area contributed by atoms with E-state index >= 15 is 0 Å². The number of halogens is 1. The summed E-state index contributed by atoms with van der Waals surface area (Å²) in [6, 6.07) is 1.05. The van der Waals surface area contributed by atoms with Crippen molar-refractivity contribution in [1.82, 2.24) is 20.9 Å². The smallest absolute Gasteiger partial charge is 0.241 e. The maximum atomic E-state index is 11.6. The zero-order chi connectivity index (χ0) is 16.4. The van der Waals surface area contributed by atoms with E-state index in [2.05, 4.69) is 39.7 Å². The van der Waals surface area contributed by atoms with E-state index in [0.717, 1.165) is 44.9 Å². The number of piperidine rings is 1. The summed E-state index contributed by atoms with van der Waals surface area (Å²) in [5.41, 5.74) is 0. The molecule has 1 aliphatic heterocycles. The van der Waals surface area contributed by atoms with Gasteiger partial charge in [0.05, 0.1) is 0 Å². The molecular weight excluding hydrogens is 405 g/mol. The first-order valence-corrected chi connectivity index (χ1v) is 8.62. The highest BCUT2D eigenvalue weighted by molar-refractivity contribution is 14.0. The molecule has 1 fully saturated rings. The minimum atomic E-state index is -0.0197. The van der Waals surface area contributed by atoms with Crippen LogP contribution in [0.3, 0.4) is 0 Å². The summed E-state index contributed by atoms with van der Waals surface area (Å²) < 4.78 is 0. The van der Waals surface area contributed by atoms with E-state index in [0.29, 0.717) is 18.6 Å². The number of carbonyl (C=O) groups is 1. The number of nitrogens with one attached hydrogen (secondary N) is 3. The van der Waals surface area contributed by atoms with Crippen LogP contribution in [0.4, 0.5) is 0 Å². The lowest BCUT2D eigenvalue weighted by Crippen LogP contribution is -2.50. The van der Waals surface area contributed by atoms with Crippen molar-refractivity contribution in [2.45, 2.75) is 59.0 Å². The summed E-state index contributed by atoms with van der Waals surface area (Å²) in [7, 11) is 0. The van der Waals surface area contributed by atoms with Crippen LogP contribution >= 0.6 is 24.0 Å². The molecule has 0 aromatic rings. The molecule has 0 bridgehead atoms. The Hall–Kier alpha value is -0.570. The van der Waals surface area contributed by atoms with Gasteiger partial charge in [0.2, 0.25) is 5.91 Å². The lowest BCUT2D eigenvalue weighted by Gasteiger charge is -2.35. The fraction of sp³-hybridized carbons (Fsp3) is 0.875. The summed E-state index contributed by atoms with van der Waals surface area (Å²) in [5.74, 6) is 0.728. The Bertz CT molecular complexity index is 354. The van der Waals surface area contributed by atoms with Crippen LogP contribution < -0.4 is 16.0 Å². The summed E-state index contributed by atoms with van der Waals surface area (Å²) in [6.07, 6.45) is 3.18. The lowest BCUT2D eigenvalue weighted by molar-refractivity contribution is -0.119. The van der Waals surface area contributed by atoms with Crippen molar-refractivity contribution in [2.24, 2.45) is 4.99 Å². The van der Waals surface area contributed by atoms with Crippen LogP contribution in [0, 0.1) is 0 Å². The monoisotopic (exact) mass is 439 g/mol. The van der Waals surface area contributed by atoms with Crippen LogP contribution in [0.15, 0.2) is 4.99 Å². The first-order valence-electron chi connectivity index (χ1n) is 8.62. The molecular formula is C16H34IN5O. The van der Waals surface area contributed by atoms with Gasteiger partial charge in [-0.3, -0.25) is 4.79 Å². The Labute approximate surface area is 158 Å². The largest absolute Gasteiger partial charge is 0.357 e. The van der Waals surface area contributed by atoms with Crippen molar-refractivity contribution < 1.29 is 4.79 Å². The van der Waals surface area contributed by atoms with Crippen LogP contribution in [0.25, 0.3) is 0 Å². The van der Waals surface area contributed by atoms with E-state index in [-0.39, 0.29) is 36.4 Å². The molecule has 1 saturated heterocycles. The van der Waals surface area contributed by atoms with Gasteiger partial charge in [0.15, 0.2) is 5.96 Å². The van der Waals surface area contributed by atoms with E-state index in [9.17, 15) is 4.79 Å². The molecule has 0 aliphatic carbocycles. The van der Waals surface area contributed by atoms with Gasteiger partial charge in [0.25, 0.3) is 0 Å². The fourth-order valence-electron chi connectivity index (χ4n) is 2.54. The van der Waals surface area contributed by atoms with E-state index < -0.39 is 0 Å². The van der Waals surface area contributed by atoms with Crippen molar-refractivity contribution in [2.75, 3.05) is 32.7 Å². The summed E-state index contributed by atoms with van der Waals surface area (Å²) in [6.45, 7) is 12.5. The maximum absolute atomic E-state index is 11.6. The van der Waals surface area contributed by atoms with Crippen molar-refractivity contribution in [3.63, 3.8) is 0 Å². The summed E-state index contributed by atoms with van der Waals surface area (Å²) in [5, 5.41) is 9.52. The van der Waals surface area contributed by atoms with Crippen molar-refractivity contribution in [3.8, 4) is 0 Å². The third-order valence-electron chi connectivity index (χ3n) is 3.90. The number of amides is 1. The van der Waals surface area contributed by atoms with Crippen molar-refractivity contribution >= 4 is 35.8 Å². The number of aliphatic imine (C=N–C) groups is 1. The second kappa shape index (κ2) is 12.8. The van der Waals surface area contributed by atoms with Gasteiger partial charge in [-0.1, -0.05) is 6.92 Å². The third kappa shape index (κ3) is 9.34. The first-order chi connectivity index (χ1) is 10.6. The molecule has 1 heterocycles. The van der Waals surface area contributed by atoms with Gasteiger partial charge in [-0.2, -0.15) is 0 Å². The molecule has 6 nitrogen and oxygen atoms in total. The quantitative estimate of drug-likeness (QED) is 0.320. The van der Waals surface area contributed by atoms with E-state index in [4.69, 9.17) is 0 Å². The van der Waals surface area contributed by atoms with E-state index in [1.54, 1.807) is 0 Å². The molecule has 0 atom stereocenters. The van der Waals surface area contributed by atoms with Crippen LogP contribution in [0.1, 0.15) is 47.0 Å². The predicted molar refractivity (Wildman–Crippen MR) is 108 cm³/mol. The van der Waals surface area contributed by atoms with Gasteiger partial charge >= 0.3 is 0 Å². The number of hydrogen-bond acceptors (Lipinski definition) is 3. The average molecular weight is 439 g/mol. The normalized spacial score (nSPS) is 16.8. The molecule has 0 aromatic carbocycles. The molecule has 1 aliphatic rings. The predicted octanol–water partition coefficient (Wildman–Crippen LogP) is 1.56. The molecule has 3 N–H and O–H groups in total. The molecule has 0 aromatic heterocycles. The zero-order valence-corrected chi connectivity index (χ0v) is 17.4. The SMILES string of the molecule is CCCNC(=O)CN=C(NCC)NC1CCN(C(C)C)CC1.I. The maximum Gasteiger partial charge on any atom is 0.241 e. The number of nitrogens with zero attached hydrogens (tertiary/aromatic N) is 2. The average Bonchev–Trinajstić information content (AvgIpc) is 2.51. The Morgan fingerprint density at radius 2 is 1.87 bits per heavy atom. The highest BCUT2D eigenvalue weighted by Crippen LogP contribution is 2.12. The minimum absolute atomic E-state index is 0. The lowest BCUT2D eigenvalue weighted by atomic mass is 10.0. The topological polar surface area (TPSA) is 68.8 Å². The van der Waals surface area contributed by atoms with Crippen LogP contribution in [-0.4, -0.2) is 61.6 Å². The minimum Gasteiger partial charge on any atom is -0.357 e. The number of guanidine groups is 1. The molecule has 136 valence electrons. The Morgan fingerprint density at radius 1 is 1.22 bits per heavy atom. The molecule has 1 rings (SSSR count). The first kappa shape index (κ1) is 22.4. The Balaban J connectivity index is 0.00000484. The zero-order valence-electron chi connectivity index (χ0n) is 15.0. The Morgan fingerprint density at radius 3 is 2.39 bits per heavy atom. The summed E-state index contributed by atoms with van der Waals surface area (Å²) in [4.78, 5) is 18.5. The number of rotatable bonds is 7. The second-order valence-electron chi connectivity index (χ2n) is 6.09. The molecule has 1 amide bonds. The van der Waals surface area contributed by atoms with Gasteiger partial charge in [-0.15, -0.1) is 24.0 Å². The van der Waals surface area contributed by atoms with Gasteiger partial charge in [0, 0.05) is 38.3 Å². The molecule has 0 radical (unpaired) electrons. The second-order valence-corrected chi connectivity index (χ2v) is 6.09. The number of carbonyl (C=O) groups excluding carboxylic acids is 1. The van der Waals surface area contributed by atoms with Crippen LogP contribution in [-0.2, 0) is 4.79 Å². The van der Waals surface area contributed by atoms with Crippen molar-refractivity contribution in [3.05, 3.63) is 0 Å². The number of likely N-dealkylation sites (tertiary alicyclic amines) is 1. The van der Waals surface area contributed by atoms with Crippen molar-refractivity contribution in [1.29, 1.82) is 0 Å². The Kier molecular flexibility index (Phi) is 12.5.